The molecule has 136 valence electrons. The van der Waals surface area contributed by atoms with Crippen molar-refractivity contribution in [3.8, 4) is 5.75 Å². The van der Waals surface area contributed by atoms with Gasteiger partial charge in [-0.3, -0.25) is 4.79 Å². The predicted molar refractivity (Wildman–Crippen MR) is 96.9 cm³/mol. The van der Waals surface area contributed by atoms with Gasteiger partial charge in [-0.05, 0) is 61.9 Å². The summed E-state index contributed by atoms with van der Waals surface area (Å²) in [5.41, 5.74) is 1.22. The number of urea groups is 1. The van der Waals surface area contributed by atoms with Crippen LogP contribution in [-0.4, -0.2) is 31.1 Å². The second-order valence-electron chi connectivity index (χ2n) is 5.86. The van der Waals surface area contributed by atoms with Gasteiger partial charge in [0.1, 0.15) is 17.6 Å². The van der Waals surface area contributed by atoms with E-state index in [1.165, 1.54) is 12.1 Å². The van der Waals surface area contributed by atoms with E-state index in [1.54, 1.807) is 41.3 Å². The lowest BCUT2D eigenvalue weighted by molar-refractivity contribution is -0.118. The molecule has 0 bridgehead atoms. The number of nitrogens with zero attached hydrogens (tertiary/aromatic N) is 1. The highest BCUT2D eigenvalue weighted by molar-refractivity contribution is 6.02. The Kier molecular flexibility index (Phi) is 5.36. The molecule has 1 aliphatic rings. The van der Waals surface area contributed by atoms with E-state index in [0.717, 1.165) is 5.75 Å². The van der Waals surface area contributed by atoms with Crippen LogP contribution in [0.4, 0.5) is 20.6 Å². The molecule has 1 aliphatic heterocycles. The van der Waals surface area contributed by atoms with Crippen LogP contribution in [0.2, 0.25) is 0 Å². The van der Waals surface area contributed by atoms with Gasteiger partial charge in [0.05, 0.1) is 6.61 Å². The third-order valence-electron chi connectivity index (χ3n) is 4.07. The predicted octanol–water partition coefficient (Wildman–Crippen LogP) is 3.15. The van der Waals surface area contributed by atoms with Gasteiger partial charge in [0.2, 0.25) is 5.91 Å². The molecule has 3 amide bonds. The number of nitrogens with one attached hydrogen (secondary N) is 2. The van der Waals surface area contributed by atoms with Gasteiger partial charge in [0.15, 0.2) is 0 Å². The van der Waals surface area contributed by atoms with Crippen molar-refractivity contribution < 1.29 is 18.7 Å². The zero-order valence-corrected chi connectivity index (χ0v) is 14.4. The molecule has 0 unspecified atom stereocenters. The fourth-order valence-electron chi connectivity index (χ4n) is 2.82. The van der Waals surface area contributed by atoms with Gasteiger partial charge in [-0.25, -0.2) is 9.18 Å². The van der Waals surface area contributed by atoms with E-state index in [9.17, 15) is 14.0 Å². The Bertz CT molecular complexity index is 778. The van der Waals surface area contributed by atoms with Gasteiger partial charge in [-0.2, -0.15) is 0 Å². The number of ether oxygens (including phenoxy) is 1. The fourth-order valence-corrected chi connectivity index (χ4v) is 2.82. The number of amides is 3. The normalized spacial score (nSPS) is 16.5. The Hall–Kier alpha value is -3.09. The standard InChI is InChI=1S/C19H20FN3O3/c1-2-26-16-9-5-14(6-10-16)21-19(25)22-17-11-12-23(18(17)24)15-7-3-13(20)4-8-15/h3-10,17H,2,11-12H2,1H3,(H2,21,22,25)/t17-/m1/s1. The van der Waals surface area contributed by atoms with Crippen LogP contribution < -0.4 is 20.3 Å². The minimum Gasteiger partial charge on any atom is -0.494 e. The van der Waals surface area contributed by atoms with E-state index in [2.05, 4.69) is 10.6 Å². The molecule has 0 aliphatic carbocycles. The lowest BCUT2D eigenvalue weighted by atomic mass is 10.2. The average molecular weight is 357 g/mol. The highest BCUT2D eigenvalue weighted by atomic mass is 19.1. The van der Waals surface area contributed by atoms with Gasteiger partial charge >= 0.3 is 6.03 Å². The van der Waals surface area contributed by atoms with Crippen molar-refractivity contribution in [2.45, 2.75) is 19.4 Å². The summed E-state index contributed by atoms with van der Waals surface area (Å²) >= 11 is 0. The van der Waals surface area contributed by atoms with Crippen molar-refractivity contribution in [1.82, 2.24) is 5.32 Å². The van der Waals surface area contributed by atoms with Crippen molar-refractivity contribution >= 4 is 23.3 Å². The van der Waals surface area contributed by atoms with Crippen LogP contribution in [0.5, 0.6) is 5.75 Å². The number of hydrogen-bond acceptors (Lipinski definition) is 3. The van der Waals surface area contributed by atoms with Crippen molar-refractivity contribution in [2.24, 2.45) is 0 Å². The number of rotatable bonds is 5. The largest absolute Gasteiger partial charge is 0.494 e. The maximum atomic E-state index is 13.0. The topological polar surface area (TPSA) is 70.7 Å². The highest BCUT2D eigenvalue weighted by Gasteiger charge is 2.33. The molecule has 2 aromatic rings. The second-order valence-corrected chi connectivity index (χ2v) is 5.86. The summed E-state index contributed by atoms with van der Waals surface area (Å²) < 4.78 is 18.4. The summed E-state index contributed by atoms with van der Waals surface area (Å²) in [6.07, 6.45) is 0.493. The summed E-state index contributed by atoms with van der Waals surface area (Å²) in [6, 6.07) is 11.6. The van der Waals surface area contributed by atoms with Gasteiger partial charge in [0.25, 0.3) is 0 Å². The van der Waals surface area contributed by atoms with Crippen molar-refractivity contribution in [3.05, 3.63) is 54.3 Å². The number of carbonyl (C=O) groups excluding carboxylic acids is 2. The first-order valence-electron chi connectivity index (χ1n) is 8.44. The number of carbonyl (C=O) groups is 2. The number of hydrogen-bond donors (Lipinski definition) is 2. The molecule has 26 heavy (non-hydrogen) atoms. The molecular weight excluding hydrogens is 337 g/mol. The summed E-state index contributed by atoms with van der Waals surface area (Å²) in [4.78, 5) is 26.2. The minimum atomic E-state index is -0.609. The second kappa shape index (κ2) is 7.86. The van der Waals surface area contributed by atoms with Gasteiger partial charge in [0, 0.05) is 17.9 Å². The molecule has 0 saturated carbocycles. The van der Waals surface area contributed by atoms with Crippen LogP contribution in [0.1, 0.15) is 13.3 Å². The SMILES string of the molecule is CCOc1ccc(NC(=O)N[C@@H]2CCN(c3ccc(F)cc3)C2=O)cc1. The number of halogens is 1. The van der Waals surface area contributed by atoms with Crippen LogP contribution in [0.25, 0.3) is 0 Å². The highest BCUT2D eigenvalue weighted by Crippen LogP contribution is 2.22. The van der Waals surface area contributed by atoms with E-state index in [1.807, 2.05) is 6.92 Å². The molecule has 1 saturated heterocycles. The molecule has 1 atom stereocenters. The Balaban J connectivity index is 1.56. The van der Waals surface area contributed by atoms with Gasteiger partial charge in [-0.15, -0.1) is 0 Å². The molecule has 6 nitrogen and oxygen atoms in total. The summed E-state index contributed by atoms with van der Waals surface area (Å²) in [7, 11) is 0. The zero-order valence-electron chi connectivity index (χ0n) is 14.4. The number of anilines is 2. The van der Waals surface area contributed by atoms with Crippen LogP contribution in [0.3, 0.4) is 0 Å². The van der Waals surface area contributed by atoms with E-state index >= 15 is 0 Å². The van der Waals surface area contributed by atoms with Crippen LogP contribution in [0, 0.1) is 5.82 Å². The molecule has 0 spiro atoms. The van der Waals surface area contributed by atoms with E-state index in [4.69, 9.17) is 4.74 Å². The molecular formula is C19H20FN3O3. The van der Waals surface area contributed by atoms with Crippen molar-refractivity contribution in [3.63, 3.8) is 0 Å². The molecule has 2 N–H and O–H groups in total. The fraction of sp³-hybridized carbons (Fsp3) is 0.263. The first-order chi connectivity index (χ1) is 12.6. The lowest BCUT2D eigenvalue weighted by Gasteiger charge is -2.17. The van der Waals surface area contributed by atoms with E-state index < -0.39 is 12.1 Å². The Morgan fingerprint density at radius 2 is 1.88 bits per heavy atom. The first-order valence-corrected chi connectivity index (χ1v) is 8.44. The minimum absolute atomic E-state index is 0.210. The molecule has 1 fully saturated rings. The molecule has 3 rings (SSSR count). The van der Waals surface area contributed by atoms with Crippen molar-refractivity contribution in [1.29, 1.82) is 0 Å². The molecule has 1 heterocycles. The van der Waals surface area contributed by atoms with Gasteiger partial charge < -0.3 is 20.3 Å². The molecule has 2 aromatic carbocycles. The summed E-state index contributed by atoms with van der Waals surface area (Å²) in [6.45, 7) is 2.94. The maximum Gasteiger partial charge on any atom is 0.319 e. The maximum absolute atomic E-state index is 13.0. The molecule has 0 radical (unpaired) electrons. The molecule has 0 aromatic heterocycles. The summed E-state index contributed by atoms with van der Waals surface area (Å²) in [5, 5.41) is 5.38. The van der Waals surface area contributed by atoms with E-state index in [-0.39, 0.29) is 11.7 Å². The van der Waals surface area contributed by atoms with Crippen LogP contribution in [-0.2, 0) is 4.79 Å². The lowest BCUT2D eigenvalue weighted by Crippen LogP contribution is -2.43. The van der Waals surface area contributed by atoms with Crippen LogP contribution >= 0.6 is 0 Å². The third kappa shape index (κ3) is 4.11. The monoisotopic (exact) mass is 357 g/mol. The Labute approximate surface area is 150 Å². The average Bonchev–Trinajstić information content (AvgIpc) is 2.98. The Morgan fingerprint density at radius 3 is 2.54 bits per heavy atom. The van der Waals surface area contributed by atoms with E-state index in [0.29, 0.717) is 30.9 Å². The molecule has 7 heteroatoms. The van der Waals surface area contributed by atoms with Gasteiger partial charge in [-0.1, -0.05) is 0 Å². The number of benzene rings is 2. The smallest absolute Gasteiger partial charge is 0.319 e. The van der Waals surface area contributed by atoms with Crippen molar-refractivity contribution in [2.75, 3.05) is 23.4 Å². The quantitative estimate of drug-likeness (QED) is 0.864. The zero-order chi connectivity index (χ0) is 18.5. The Morgan fingerprint density at radius 1 is 1.19 bits per heavy atom. The third-order valence-corrected chi connectivity index (χ3v) is 4.07. The first kappa shape index (κ1) is 17.7. The van der Waals surface area contributed by atoms with Crippen LogP contribution in [0.15, 0.2) is 48.5 Å². The summed E-state index contributed by atoms with van der Waals surface area (Å²) in [5.74, 6) is 0.155.